The number of amides is 1. The van der Waals surface area contributed by atoms with Gasteiger partial charge in [0, 0.05) is 24.2 Å². The Bertz CT molecular complexity index is 525. The number of rotatable bonds is 3. The Labute approximate surface area is 122 Å². The topological polar surface area (TPSA) is 63.5 Å². The molecule has 0 spiro atoms. The van der Waals surface area contributed by atoms with Crippen LogP contribution in [0.25, 0.3) is 0 Å². The summed E-state index contributed by atoms with van der Waals surface area (Å²) in [6.07, 6.45) is 3.02. The highest BCUT2D eigenvalue weighted by Crippen LogP contribution is 2.27. The molecule has 20 heavy (non-hydrogen) atoms. The van der Waals surface area contributed by atoms with E-state index in [4.69, 9.17) is 11.6 Å². The predicted molar refractivity (Wildman–Crippen MR) is 77.0 cm³/mol. The molecule has 1 aromatic rings. The average molecular weight is 297 g/mol. The van der Waals surface area contributed by atoms with Crippen LogP contribution in [0, 0.1) is 16.0 Å². The van der Waals surface area contributed by atoms with Crippen LogP contribution < -0.4 is 0 Å². The Hall–Kier alpha value is -1.62. The minimum Gasteiger partial charge on any atom is -0.338 e. The van der Waals surface area contributed by atoms with E-state index in [9.17, 15) is 14.9 Å². The Balaban J connectivity index is 2.21. The molecule has 1 aliphatic rings. The first kappa shape index (κ1) is 14.8. The lowest BCUT2D eigenvalue weighted by Crippen LogP contribution is -2.38. The van der Waals surface area contributed by atoms with E-state index in [0.29, 0.717) is 24.0 Å². The minimum absolute atomic E-state index is 0.0810. The molecule has 0 unspecified atom stereocenters. The molecule has 1 saturated heterocycles. The molecule has 1 amide bonds. The number of halogens is 1. The number of nitro groups is 1. The molecule has 1 aliphatic heterocycles. The van der Waals surface area contributed by atoms with Crippen molar-refractivity contribution < 1.29 is 9.72 Å². The molecule has 2 rings (SSSR count). The largest absolute Gasteiger partial charge is 0.338 e. The second-order valence-electron chi connectivity index (χ2n) is 5.06. The van der Waals surface area contributed by atoms with E-state index < -0.39 is 4.92 Å². The van der Waals surface area contributed by atoms with Crippen molar-refractivity contribution in [2.45, 2.75) is 26.2 Å². The van der Waals surface area contributed by atoms with E-state index in [1.165, 1.54) is 18.2 Å². The molecular formula is C14H17ClN2O3. The van der Waals surface area contributed by atoms with Crippen LogP contribution in [0.2, 0.25) is 5.02 Å². The summed E-state index contributed by atoms with van der Waals surface area (Å²) in [7, 11) is 0. The van der Waals surface area contributed by atoms with Crippen molar-refractivity contribution >= 4 is 23.2 Å². The van der Waals surface area contributed by atoms with Gasteiger partial charge in [-0.25, -0.2) is 0 Å². The Kier molecular flexibility index (Phi) is 4.60. The third kappa shape index (κ3) is 3.10. The van der Waals surface area contributed by atoms with E-state index in [1.54, 1.807) is 4.90 Å². The molecule has 108 valence electrons. The van der Waals surface area contributed by atoms with Crippen molar-refractivity contribution in [1.29, 1.82) is 0 Å². The first-order valence-corrected chi connectivity index (χ1v) is 7.14. The summed E-state index contributed by atoms with van der Waals surface area (Å²) in [4.78, 5) is 24.6. The summed E-state index contributed by atoms with van der Waals surface area (Å²) >= 11 is 5.86. The second kappa shape index (κ2) is 6.22. The van der Waals surface area contributed by atoms with E-state index in [-0.39, 0.29) is 17.2 Å². The third-order valence-corrected chi connectivity index (χ3v) is 4.10. The minimum atomic E-state index is -0.539. The lowest BCUT2D eigenvalue weighted by Gasteiger charge is -2.31. The van der Waals surface area contributed by atoms with Gasteiger partial charge in [-0.1, -0.05) is 24.9 Å². The monoisotopic (exact) mass is 296 g/mol. The number of piperidine rings is 1. The summed E-state index contributed by atoms with van der Waals surface area (Å²) in [6.45, 7) is 3.45. The summed E-state index contributed by atoms with van der Waals surface area (Å²) in [5.41, 5.74) is -0.102. The van der Waals surface area contributed by atoms with Crippen LogP contribution >= 0.6 is 11.6 Å². The van der Waals surface area contributed by atoms with E-state index >= 15 is 0 Å². The highest BCUT2D eigenvalue weighted by molar-refractivity contribution is 6.31. The zero-order valence-corrected chi connectivity index (χ0v) is 12.1. The van der Waals surface area contributed by atoms with E-state index in [1.807, 2.05) is 0 Å². The maximum atomic E-state index is 12.4. The fraction of sp³-hybridized carbons (Fsp3) is 0.500. The van der Waals surface area contributed by atoms with Crippen molar-refractivity contribution in [3.05, 3.63) is 38.9 Å². The molecule has 6 heteroatoms. The van der Waals surface area contributed by atoms with Crippen LogP contribution in [0.3, 0.4) is 0 Å². The number of carbonyl (C=O) groups excluding carboxylic acids is 1. The van der Waals surface area contributed by atoms with Gasteiger partial charge >= 0.3 is 0 Å². The smallest absolute Gasteiger partial charge is 0.282 e. The molecule has 0 aliphatic carbocycles. The summed E-state index contributed by atoms with van der Waals surface area (Å²) < 4.78 is 0. The zero-order chi connectivity index (χ0) is 14.7. The van der Waals surface area contributed by atoms with Crippen LogP contribution in [-0.2, 0) is 0 Å². The van der Waals surface area contributed by atoms with Crippen LogP contribution in [0.1, 0.15) is 36.5 Å². The highest BCUT2D eigenvalue weighted by Gasteiger charge is 2.27. The van der Waals surface area contributed by atoms with Gasteiger partial charge in [0.25, 0.3) is 11.6 Å². The van der Waals surface area contributed by atoms with Gasteiger partial charge in [-0.05, 0) is 30.9 Å². The highest BCUT2D eigenvalue weighted by atomic mass is 35.5. The molecule has 0 atom stereocenters. The molecular weight excluding hydrogens is 280 g/mol. The van der Waals surface area contributed by atoms with Crippen molar-refractivity contribution in [2.24, 2.45) is 5.92 Å². The van der Waals surface area contributed by atoms with Gasteiger partial charge in [-0.15, -0.1) is 0 Å². The number of nitrogens with zero attached hydrogens (tertiary/aromatic N) is 2. The zero-order valence-electron chi connectivity index (χ0n) is 11.3. The van der Waals surface area contributed by atoms with Crippen LogP contribution in [0.15, 0.2) is 18.2 Å². The van der Waals surface area contributed by atoms with Gasteiger partial charge in [0.2, 0.25) is 0 Å². The Morgan fingerprint density at radius 3 is 2.65 bits per heavy atom. The average Bonchev–Trinajstić information content (AvgIpc) is 2.46. The Morgan fingerprint density at radius 1 is 1.45 bits per heavy atom. The molecule has 1 heterocycles. The molecule has 0 radical (unpaired) electrons. The molecule has 0 saturated carbocycles. The van der Waals surface area contributed by atoms with Gasteiger partial charge in [-0.3, -0.25) is 14.9 Å². The summed E-state index contributed by atoms with van der Waals surface area (Å²) in [6, 6.07) is 4.10. The van der Waals surface area contributed by atoms with Crippen LogP contribution in [0.5, 0.6) is 0 Å². The van der Waals surface area contributed by atoms with Crippen molar-refractivity contribution in [3.8, 4) is 0 Å². The number of carbonyl (C=O) groups is 1. The van der Waals surface area contributed by atoms with Gasteiger partial charge < -0.3 is 4.90 Å². The summed E-state index contributed by atoms with van der Waals surface area (Å²) in [5.74, 6) is 0.349. The lowest BCUT2D eigenvalue weighted by atomic mass is 9.94. The fourth-order valence-corrected chi connectivity index (χ4v) is 2.73. The van der Waals surface area contributed by atoms with Crippen molar-refractivity contribution in [1.82, 2.24) is 4.90 Å². The maximum Gasteiger partial charge on any atom is 0.282 e. The first-order chi connectivity index (χ1) is 9.52. The standard InChI is InChI=1S/C14H17ClN2O3/c1-2-10-5-7-16(8-6-10)14(18)12-9-11(15)3-4-13(12)17(19)20/h3-4,9-10H,2,5-8H2,1H3. The third-order valence-electron chi connectivity index (χ3n) is 3.86. The SMILES string of the molecule is CCC1CCN(C(=O)c2cc(Cl)ccc2[N+](=O)[O-])CC1. The maximum absolute atomic E-state index is 12.4. The van der Waals surface area contributed by atoms with Gasteiger partial charge in [0.1, 0.15) is 5.56 Å². The predicted octanol–water partition coefficient (Wildman–Crippen LogP) is 3.51. The van der Waals surface area contributed by atoms with Gasteiger partial charge in [-0.2, -0.15) is 0 Å². The van der Waals surface area contributed by atoms with Crippen molar-refractivity contribution in [2.75, 3.05) is 13.1 Å². The quantitative estimate of drug-likeness (QED) is 0.633. The van der Waals surface area contributed by atoms with Gasteiger partial charge in [0.05, 0.1) is 4.92 Å². The fourth-order valence-electron chi connectivity index (χ4n) is 2.55. The molecule has 1 aromatic carbocycles. The number of hydrogen-bond donors (Lipinski definition) is 0. The molecule has 0 bridgehead atoms. The first-order valence-electron chi connectivity index (χ1n) is 6.76. The Morgan fingerprint density at radius 2 is 2.10 bits per heavy atom. The second-order valence-corrected chi connectivity index (χ2v) is 5.50. The number of benzene rings is 1. The number of likely N-dealkylation sites (tertiary alicyclic amines) is 1. The van der Waals surface area contributed by atoms with Crippen molar-refractivity contribution in [3.63, 3.8) is 0 Å². The summed E-state index contributed by atoms with van der Waals surface area (Å²) in [5, 5.41) is 11.3. The lowest BCUT2D eigenvalue weighted by molar-refractivity contribution is -0.385. The van der Waals surface area contributed by atoms with Crippen LogP contribution in [0.4, 0.5) is 5.69 Å². The van der Waals surface area contributed by atoms with Crippen LogP contribution in [-0.4, -0.2) is 28.8 Å². The van der Waals surface area contributed by atoms with E-state index in [0.717, 1.165) is 19.3 Å². The van der Waals surface area contributed by atoms with E-state index in [2.05, 4.69) is 6.92 Å². The molecule has 0 aromatic heterocycles. The normalized spacial score (nSPS) is 16.2. The molecule has 0 N–H and O–H groups in total. The molecule has 1 fully saturated rings. The number of nitro benzene ring substituents is 1. The number of hydrogen-bond acceptors (Lipinski definition) is 3. The molecule has 5 nitrogen and oxygen atoms in total. The van der Waals surface area contributed by atoms with Gasteiger partial charge in [0.15, 0.2) is 0 Å².